The van der Waals surface area contributed by atoms with Crippen LogP contribution in [0, 0.1) is 0 Å². The van der Waals surface area contributed by atoms with Crippen molar-refractivity contribution in [3.63, 3.8) is 0 Å². The van der Waals surface area contributed by atoms with Crippen LogP contribution in [-0.2, 0) is 10.0 Å². The van der Waals surface area contributed by atoms with Crippen LogP contribution in [-0.4, -0.2) is 19.2 Å². The highest BCUT2D eigenvalue weighted by atomic mass is 32.2. The summed E-state index contributed by atoms with van der Waals surface area (Å²) in [5, 5.41) is 5.53. The maximum Gasteiger partial charge on any atom is 0.240 e. The number of nitrogens with zero attached hydrogens (tertiary/aromatic N) is 1. The Hall–Kier alpha value is -0.590. The van der Waals surface area contributed by atoms with Gasteiger partial charge >= 0.3 is 0 Å². The monoisotopic (exact) mass is 232 g/mol. The van der Waals surface area contributed by atoms with Gasteiger partial charge in [-0.2, -0.15) is 0 Å². The Kier molecular flexibility index (Phi) is 3.91. The summed E-state index contributed by atoms with van der Waals surface area (Å²) >= 11 is 1.40. The third-order valence-corrected chi connectivity index (χ3v) is 3.77. The summed E-state index contributed by atoms with van der Waals surface area (Å²) in [6.45, 7) is 2.02. The average molecular weight is 232 g/mol. The molecule has 0 atom stereocenters. The Bertz CT molecular complexity index is 404. The van der Waals surface area contributed by atoms with Crippen LogP contribution in [0.4, 0.5) is 0 Å². The fourth-order valence-corrected chi connectivity index (χ4v) is 2.73. The molecule has 1 heterocycles. The van der Waals surface area contributed by atoms with E-state index in [1.165, 1.54) is 17.8 Å². The molecular formula is C8H12N2O2S2. The van der Waals surface area contributed by atoms with Crippen LogP contribution in [0.25, 0.3) is 0 Å². The number of thioether (sulfide) groups is 1. The molecule has 0 saturated carbocycles. The molecule has 0 amide bonds. The third kappa shape index (κ3) is 2.97. The Morgan fingerprint density at radius 2 is 2.29 bits per heavy atom. The molecule has 0 aliphatic rings. The molecule has 1 aromatic heterocycles. The standard InChI is InChI=1S/C8H12N2O2S2/c1-2-6-13-8-7(14(9,11)12)4-3-5-10-8/h3-5H,2,6H2,1H3,(H2,9,11,12). The summed E-state index contributed by atoms with van der Waals surface area (Å²) < 4.78 is 22.3. The van der Waals surface area contributed by atoms with Crippen LogP contribution < -0.4 is 5.14 Å². The van der Waals surface area contributed by atoms with E-state index >= 15 is 0 Å². The highest BCUT2D eigenvalue weighted by Crippen LogP contribution is 2.23. The minimum absolute atomic E-state index is 0.110. The Balaban J connectivity index is 3.04. The molecule has 0 spiro atoms. The highest BCUT2D eigenvalue weighted by Gasteiger charge is 2.14. The van der Waals surface area contributed by atoms with Gasteiger partial charge in [0.15, 0.2) is 0 Å². The molecular weight excluding hydrogens is 220 g/mol. The molecule has 78 valence electrons. The van der Waals surface area contributed by atoms with Gasteiger partial charge in [0.2, 0.25) is 10.0 Å². The number of primary sulfonamides is 1. The molecule has 0 unspecified atom stereocenters. The number of pyridine rings is 1. The average Bonchev–Trinajstić information content (AvgIpc) is 2.14. The summed E-state index contributed by atoms with van der Waals surface area (Å²) in [7, 11) is -3.65. The summed E-state index contributed by atoms with van der Waals surface area (Å²) in [4.78, 5) is 4.10. The lowest BCUT2D eigenvalue weighted by Gasteiger charge is -2.04. The van der Waals surface area contributed by atoms with E-state index in [4.69, 9.17) is 5.14 Å². The molecule has 0 fully saturated rings. The largest absolute Gasteiger partial charge is 0.249 e. The van der Waals surface area contributed by atoms with Crippen molar-refractivity contribution in [2.45, 2.75) is 23.3 Å². The van der Waals surface area contributed by atoms with Crippen LogP contribution in [0.15, 0.2) is 28.3 Å². The second kappa shape index (κ2) is 4.77. The quantitative estimate of drug-likeness (QED) is 0.792. The van der Waals surface area contributed by atoms with Crippen molar-refractivity contribution in [1.82, 2.24) is 4.98 Å². The lowest BCUT2D eigenvalue weighted by atomic mass is 10.5. The molecule has 0 aliphatic carbocycles. The molecule has 0 aliphatic heterocycles. The van der Waals surface area contributed by atoms with Gasteiger partial charge in [-0.25, -0.2) is 18.5 Å². The van der Waals surface area contributed by atoms with Gasteiger partial charge < -0.3 is 0 Å². The maximum atomic E-state index is 11.1. The zero-order valence-electron chi connectivity index (χ0n) is 7.80. The third-order valence-electron chi connectivity index (χ3n) is 1.49. The van der Waals surface area contributed by atoms with Crippen LogP contribution in [0.5, 0.6) is 0 Å². The first-order chi connectivity index (χ1) is 6.55. The van der Waals surface area contributed by atoms with Crippen LogP contribution in [0.2, 0.25) is 0 Å². The number of hydrogen-bond donors (Lipinski definition) is 1. The van der Waals surface area contributed by atoms with Gasteiger partial charge in [0.05, 0.1) is 0 Å². The smallest absolute Gasteiger partial charge is 0.240 e. The molecule has 14 heavy (non-hydrogen) atoms. The first-order valence-electron chi connectivity index (χ1n) is 4.16. The van der Waals surface area contributed by atoms with Gasteiger partial charge in [-0.1, -0.05) is 6.92 Å². The molecule has 0 aromatic carbocycles. The SMILES string of the molecule is CCCSc1ncccc1S(N)(=O)=O. The van der Waals surface area contributed by atoms with Gasteiger partial charge in [0.1, 0.15) is 9.92 Å². The van der Waals surface area contributed by atoms with Crippen molar-refractivity contribution < 1.29 is 8.42 Å². The zero-order valence-corrected chi connectivity index (χ0v) is 9.44. The van der Waals surface area contributed by atoms with Crippen molar-refractivity contribution in [2.75, 3.05) is 5.75 Å². The summed E-state index contributed by atoms with van der Waals surface area (Å²) in [5.41, 5.74) is 0. The van der Waals surface area contributed by atoms with Crippen molar-refractivity contribution in [2.24, 2.45) is 5.14 Å². The molecule has 1 aromatic rings. The summed E-state index contributed by atoms with van der Waals surface area (Å²) in [6.07, 6.45) is 2.53. The Morgan fingerprint density at radius 1 is 1.57 bits per heavy atom. The van der Waals surface area contributed by atoms with E-state index in [1.54, 1.807) is 12.3 Å². The number of aromatic nitrogens is 1. The lowest BCUT2D eigenvalue weighted by Crippen LogP contribution is -2.13. The predicted octanol–water partition coefficient (Wildman–Crippen LogP) is 1.23. The second-order valence-electron chi connectivity index (χ2n) is 2.70. The number of hydrogen-bond acceptors (Lipinski definition) is 4. The summed E-state index contributed by atoms with van der Waals surface area (Å²) in [5.74, 6) is 0.833. The maximum absolute atomic E-state index is 11.1. The Morgan fingerprint density at radius 3 is 2.86 bits per heavy atom. The fraction of sp³-hybridized carbons (Fsp3) is 0.375. The van der Waals surface area contributed by atoms with Crippen LogP contribution >= 0.6 is 11.8 Å². The first kappa shape index (κ1) is 11.5. The van der Waals surface area contributed by atoms with Gasteiger partial charge in [-0.3, -0.25) is 0 Å². The van der Waals surface area contributed by atoms with Crippen LogP contribution in [0.1, 0.15) is 13.3 Å². The van der Waals surface area contributed by atoms with E-state index in [0.717, 1.165) is 12.2 Å². The van der Waals surface area contributed by atoms with Crippen molar-refractivity contribution >= 4 is 21.8 Å². The zero-order chi connectivity index (χ0) is 10.6. The molecule has 1 rings (SSSR count). The first-order valence-corrected chi connectivity index (χ1v) is 6.69. The van der Waals surface area contributed by atoms with Gasteiger partial charge in [-0.05, 0) is 24.3 Å². The van der Waals surface area contributed by atoms with Crippen molar-refractivity contribution in [3.8, 4) is 0 Å². The Labute approximate surface area is 88.0 Å². The van der Waals surface area contributed by atoms with E-state index < -0.39 is 10.0 Å². The van der Waals surface area contributed by atoms with Crippen molar-refractivity contribution in [1.29, 1.82) is 0 Å². The van der Waals surface area contributed by atoms with E-state index in [-0.39, 0.29) is 4.90 Å². The van der Waals surface area contributed by atoms with E-state index in [9.17, 15) is 8.42 Å². The second-order valence-corrected chi connectivity index (χ2v) is 5.31. The van der Waals surface area contributed by atoms with Gasteiger partial charge in [-0.15, -0.1) is 11.8 Å². The molecule has 0 saturated heterocycles. The van der Waals surface area contributed by atoms with Gasteiger partial charge in [0, 0.05) is 6.20 Å². The molecule has 4 nitrogen and oxygen atoms in total. The molecule has 6 heteroatoms. The molecule has 0 radical (unpaired) electrons. The molecule has 0 bridgehead atoms. The van der Waals surface area contributed by atoms with E-state index in [2.05, 4.69) is 4.98 Å². The highest BCUT2D eigenvalue weighted by molar-refractivity contribution is 8.00. The number of nitrogens with two attached hydrogens (primary N) is 1. The lowest BCUT2D eigenvalue weighted by molar-refractivity contribution is 0.594. The topological polar surface area (TPSA) is 73.0 Å². The van der Waals surface area contributed by atoms with E-state index in [0.29, 0.717) is 5.03 Å². The van der Waals surface area contributed by atoms with Gasteiger partial charge in [0.25, 0.3) is 0 Å². The molecule has 2 N–H and O–H groups in total. The minimum atomic E-state index is -3.65. The predicted molar refractivity (Wildman–Crippen MR) is 56.6 cm³/mol. The minimum Gasteiger partial charge on any atom is -0.249 e. The number of rotatable bonds is 4. The summed E-state index contributed by atoms with van der Waals surface area (Å²) in [6, 6.07) is 3.04. The van der Waals surface area contributed by atoms with E-state index in [1.807, 2.05) is 6.92 Å². The van der Waals surface area contributed by atoms with Crippen LogP contribution in [0.3, 0.4) is 0 Å². The normalized spacial score (nSPS) is 11.6. The number of sulfonamides is 1. The van der Waals surface area contributed by atoms with Crippen molar-refractivity contribution in [3.05, 3.63) is 18.3 Å². The fourth-order valence-electron chi connectivity index (χ4n) is 0.900.